The number of rotatable bonds is 6. The molecule has 5 heterocycles. The molecule has 34 heavy (non-hydrogen) atoms. The Morgan fingerprint density at radius 3 is 1.29 bits per heavy atom. The lowest BCUT2D eigenvalue weighted by Gasteiger charge is -2.32. The van der Waals surface area contributed by atoms with Crippen LogP contribution in [0.5, 0.6) is 0 Å². The Bertz CT molecular complexity index is 1180. The van der Waals surface area contributed by atoms with Crippen molar-refractivity contribution in [3.05, 3.63) is 144 Å². The van der Waals surface area contributed by atoms with Crippen LogP contribution in [0.15, 0.2) is 110 Å². The molecule has 0 aliphatic carbocycles. The minimum atomic E-state index is -0.708. The minimum Gasteiger partial charge on any atom is -0.261 e. The van der Waals surface area contributed by atoms with Crippen LogP contribution < -0.4 is 0 Å². The summed E-state index contributed by atoms with van der Waals surface area (Å²) in [5.74, 6) is 0. The average molecular weight is 445 g/mol. The van der Waals surface area contributed by atoms with Gasteiger partial charge in [-0.25, -0.2) is 0 Å². The maximum atomic E-state index is 5.23. The second-order valence-electron chi connectivity index (χ2n) is 8.39. The van der Waals surface area contributed by atoms with E-state index in [9.17, 15) is 0 Å². The highest BCUT2D eigenvalue weighted by molar-refractivity contribution is 5.45. The highest BCUT2D eigenvalue weighted by Gasteiger charge is 2.39. The van der Waals surface area contributed by atoms with Gasteiger partial charge in [-0.1, -0.05) is 24.3 Å². The van der Waals surface area contributed by atoms with Crippen molar-refractivity contribution in [1.29, 1.82) is 0 Å². The van der Waals surface area contributed by atoms with E-state index in [0.29, 0.717) is 0 Å². The molecule has 0 saturated carbocycles. The summed E-state index contributed by atoms with van der Waals surface area (Å²) >= 11 is 0. The molecule has 0 unspecified atom stereocenters. The molecule has 0 saturated heterocycles. The molecule has 0 aliphatic heterocycles. The summed E-state index contributed by atoms with van der Waals surface area (Å²) in [5.41, 5.74) is 3.66. The van der Waals surface area contributed by atoms with Crippen LogP contribution in [0.25, 0.3) is 0 Å². The highest BCUT2D eigenvalue weighted by atomic mass is 14.9. The lowest BCUT2D eigenvalue weighted by atomic mass is 9.76. The van der Waals surface area contributed by atoms with Gasteiger partial charge in [0.15, 0.2) is 0 Å². The molecule has 0 aromatic carbocycles. The SMILES string of the molecule is CC(c1ccccn1)(c1ccccn1)c1cccc([C@@](C)(c2ccccn2)c2cnccn2)n1. The van der Waals surface area contributed by atoms with Crippen LogP contribution in [-0.2, 0) is 10.8 Å². The maximum Gasteiger partial charge on any atom is 0.0954 e. The minimum absolute atomic E-state index is 0.661. The van der Waals surface area contributed by atoms with E-state index in [0.717, 1.165) is 34.2 Å². The summed E-state index contributed by atoms with van der Waals surface area (Å²) in [6.45, 7) is 4.20. The van der Waals surface area contributed by atoms with E-state index < -0.39 is 10.8 Å². The summed E-state index contributed by atoms with van der Waals surface area (Å²) in [6.07, 6.45) is 10.5. The lowest BCUT2D eigenvalue weighted by molar-refractivity contribution is 0.580. The van der Waals surface area contributed by atoms with Gasteiger partial charge in [0.2, 0.25) is 0 Å². The second-order valence-corrected chi connectivity index (χ2v) is 8.39. The number of aromatic nitrogens is 6. The fourth-order valence-corrected chi connectivity index (χ4v) is 4.31. The molecule has 166 valence electrons. The van der Waals surface area contributed by atoms with Crippen LogP contribution in [0.4, 0.5) is 0 Å². The standard InChI is InChI=1S/C28H24N6/c1-27(21-10-3-6-15-30-21,22-11-4-7-16-31-22)24-13-9-14-25(34-24)28(2,23-12-5-8-17-32-23)26-20-29-18-19-33-26/h3-20H,1-2H3/t28-/m1/s1. The zero-order valence-electron chi connectivity index (χ0n) is 19.1. The fourth-order valence-electron chi connectivity index (χ4n) is 4.31. The topological polar surface area (TPSA) is 77.3 Å². The van der Waals surface area contributed by atoms with E-state index in [1.54, 1.807) is 37.2 Å². The van der Waals surface area contributed by atoms with E-state index in [1.807, 2.05) is 72.8 Å². The summed E-state index contributed by atoms with van der Waals surface area (Å²) in [4.78, 5) is 28.3. The zero-order valence-corrected chi connectivity index (χ0v) is 19.1. The average Bonchev–Trinajstić information content (AvgIpc) is 2.94. The Hall–Kier alpha value is -4.32. The third-order valence-corrected chi connectivity index (χ3v) is 6.38. The molecule has 6 heteroatoms. The molecule has 0 radical (unpaired) electrons. The summed E-state index contributed by atoms with van der Waals surface area (Å²) in [6, 6.07) is 23.8. The smallest absolute Gasteiger partial charge is 0.0954 e. The van der Waals surface area contributed by atoms with Gasteiger partial charge in [-0.2, -0.15) is 0 Å². The van der Waals surface area contributed by atoms with Crippen LogP contribution in [0.1, 0.15) is 48.0 Å². The molecule has 0 bridgehead atoms. The van der Waals surface area contributed by atoms with Gasteiger partial charge < -0.3 is 0 Å². The van der Waals surface area contributed by atoms with Crippen LogP contribution in [0.2, 0.25) is 0 Å². The van der Waals surface area contributed by atoms with Crippen molar-refractivity contribution < 1.29 is 0 Å². The van der Waals surface area contributed by atoms with Gasteiger partial charge in [0.25, 0.3) is 0 Å². The van der Waals surface area contributed by atoms with Crippen molar-refractivity contribution in [3.8, 4) is 0 Å². The molecule has 0 aliphatic rings. The van der Waals surface area contributed by atoms with Gasteiger partial charge >= 0.3 is 0 Å². The van der Waals surface area contributed by atoms with Gasteiger partial charge in [-0.05, 0) is 62.4 Å². The predicted molar refractivity (Wildman–Crippen MR) is 130 cm³/mol. The first kappa shape index (κ1) is 21.5. The Morgan fingerprint density at radius 1 is 0.441 bits per heavy atom. The molecule has 1 atom stereocenters. The molecule has 0 spiro atoms. The number of hydrogen-bond acceptors (Lipinski definition) is 6. The Morgan fingerprint density at radius 2 is 0.882 bits per heavy atom. The molecule has 0 fully saturated rings. The van der Waals surface area contributed by atoms with E-state index in [4.69, 9.17) is 15.0 Å². The van der Waals surface area contributed by atoms with Crippen LogP contribution in [-0.4, -0.2) is 29.9 Å². The van der Waals surface area contributed by atoms with Crippen molar-refractivity contribution in [2.75, 3.05) is 0 Å². The maximum absolute atomic E-state index is 5.23. The summed E-state index contributed by atoms with van der Waals surface area (Å²) in [5, 5.41) is 0. The van der Waals surface area contributed by atoms with Crippen molar-refractivity contribution in [2.24, 2.45) is 0 Å². The molecule has 5 aromatic rings. The molecular weight excluding hydrogens is 420 g/mol. The van der Waals surface area contributed by atoms with Crippen molar-refractivity contribution in [3.63, 3.8) is 0 Å². The number of nitrogens with zero attached hydrogens (tertiary/aromatic N) is 6. The van der Waals surface area contributed by atoms with E-state index >= 15 is 0 Å². The van der Waals surface area contributed by atoms with Crippen molar-refractivity contribution >= 4 is 0 Å². The van der Waals surface area contributed by atoms with Crippen LogP contribution in [0, 0.1) is 0 Å². The first-order valence-electron chi connectivity index (χ1n) is 11.1. The van der Waals surface area contributed by atoms with Crippen LogP contribution in [0.3, 0.4) is 0 Å². The van der Waals surface area contributed by atoms with Gasteiger partial charge in [0.05, 0.1) is 45.0 Å². The molecule has 5 rings (SSSR count). The predicted octanol–water partition coefficient (Wildman–Crippen LogP) is 4.77. The van der Waals surface area contributed by atoms with Gasteiger partial charge in [0.1, 0.15) is 0 Å². The van der Waals surface area contributed by atoms with E-state index in [1.165, 1.54) is 0 Å². The Labute approximate surface area is 198 Å². The highest BCUT2D eigenvalue weighted by Crippen LogP contribution is 2.39. The zero-order chi connectivity index (χ0) is 23.4. The molecule has 0 amide bonds. The molecule has 5 aromatic heterocycles. The monoisotopic (exact) mass is 444 g/mol. The number of pyridine rings is 4. The summed E-state index contributed by atoms with van der Waals surface area (Å²) < 4.78 is 0. The molecule has 6 nitrogen and oxygen atoms in total. The lowest BCUT2D eigenvalue weighted by Crippen LogP contribution is -2.33. The third-order valence-electron chi connectivity index (χ3n) is 6.38. The van der Waals surface area contributed by atoms with Gasteiger partial charge in [-0.15, -0.1) is 0 Å². The quantitative estimate of drug-likeness (QED) is 0.376. The largest absolute Gasteiger partial charge is 0.261 e. The van der Waals surface area contributed by atoms with Crippen molar-refractivity contribution in [2.45, 2.75) is 24.7 Å². The first-order valence-corrected chi connectivity index (χ1v) is 11.1. The second kappa shape index (κ2) is 8.90. The van der Waals surface area contributed by atoms with E-state index in [2.05, 4.69) is 28.8 Å². The number of hydrogen-bond donors (Lipinski definition) is 0. The first-order chi connectivity index (χ1) is 16.6. The van der Waals surface area contributed by atoms with Crippen LogP contribution >= 0.6 is 0 Å². The molecule has 0 N–H and O–H groups in total. The van der Waals surface area contributed by atoms with E-state index in [-0.39, 0.29) is 0 Å². The Kier molecular flexibility index (Phi) is 5.64. The fraction of sp³-hybridized carbons (Fsp3) is 0.143. The van der Waals surface area contributed by atoms with Gasteiger partial charge in [-0.3, -0.25) is 29.9 Å². The van der Waals surface area contributed by atoms with Gasteiger partial charge in [0, 0.05) is 37.2 Å². The normalized spacial score (nSPS) is 13.2. The van der Waals surface area contributed by atoms with Crippen molar-refractivity contribution in [1.82, 2.24) is 29.9 Å². The third kappa shape index (κ3) is 3.63. The summed E-state index contributed by atoms with van der Waals surface area (Å²) in [7, 11) is 0. The Balaban J connectivity index is 1.74. The molecular formula is C28H24N6.